The van der Waals surface area contributed by atoms with Gasteiger partial charge in [0.25, 0.3) is 0 Å². The lowest BCUT2D eigenvalue weighted by Gasteiger charge is -2.21. The van der Waals surface area contributed by atoms with E-state index in [1.165, 1.54) is 6.20 Å². The number of alkyl carbamates (subject to hydrolysis) is 1. The molecule has 0 aliphatic rings. The van der Waals surface area contributed by atoms with E-state index >= 15 is 0 Å². The number of hydrogen-bond acceptors (Lipinski definition) is 5. The highest BCUT2D eigenvalue weighted by Gasteiger charge is 2.21. The van der Waals surface area contributed by atoms with Gasteiger partial charge in [-0.05, 0) is 32.9 Å². The van der Waals surface area contributed by atoms with E-state index in [-0.39, 0.29) is 0 Å². The van der Waals surface area contributed by atoms with Gasteiger partial charge in [0.2, 0.25) is 0 Å². The minimum Gasteiger partial charge on any atom is -0.444 e. The molecule has 1 aromatic carbocycles. The lowest BCUT2D eigenvalue weighted by molar-refractivity contribution is -0.109. The van der Waals surface area contributed by atoms with Gasteiger partial charge in [0.05, 0.1) is 22.9 Å². The number of amides is 1. The van der Waals surface area contributed by atoms with Crippen LogP contribution in [0.2, 0.25) is 0 Å². The van der Waals surface area contributed by atoms with E-state index in [2.05, 4.69) is 15.3 Å². The topological polar surface area (TPSA) is 81.2 Å². The summed E-state index contributed by atoms with van der Waals surface area (Å²) in [5.41, 5.74) is 1.12. The maximum Gasteiger partial charge on any atom is 0.408 e. The van der Waals surface area contributed by atoms with Crippen molar-refractivity contribution in [3.05, 3.63) is 36.2 Å². The first-order chi connectivity index (χ1) is 9.89. The summed E-state index contributed by atoms with van der Waals surface area (Å²) < 4.78 is 5.12. The van der Waals surface area contributed by atoms with Crippen molar-refractivity contribution in [3.8, 4) is 0 Å². The quantitative estimate of drug-likeness (QED) is 0.877. The van der Waals surface area contributed by atoms with Gasteiger partial charge in [-0.15, -0.1) is 0 Å². The molecule has 1 amide bonds. The molecule has 6 heteroatoms. The van der Waals surface area contributed by atoms with Gasteiger partial charge in [-0.3, -0.25) is 4.98 Å². The number of aldehydes is 1. The summed E-state index contributed by atoms with van der Waals surface area (Å²) in [6.07, 6.45) is 1.40. The molecule has 0 spiro atoms. The highest BCUT2D eigenvalue weighted by Crippen LogP contribution is 2.14. The van der Waals surface area contributed by atoms with E-state index in [1.54, 1.807) is 26.8 Å². The Morgan fingerprint density at radius 3 is 2.57 bits per heavy atom. The smallest absolute Gasteiger partial charge is 0.408 e. The third kappa shape index (κ3) is 3.98. The monoisotopic (exact) mass is 287 g/mol. The lowest BCUT2D eigenvalue weighted by atomic mass is 10.2. The molecule has 21 heavy (non-hydrogen) atoms. The van der Waals surface area contributed by atoms with E-state index in [1.807, 2.05) is 18.2 Å². The second-order valence-electron chi connectivity index (χ2n) is 5.54. The van der Waals surface area contributed by atoms with Gasteiger partial charge in [0.1, 0.15) is 17.9 Å². The molecule has 1 N–H and O–H groups in total. The van der Waals surface area contributed by atoms with E-state index in [4.69, 9.17) is 4.74 Å². The second-order valence-corrected chi connectivity index (χ2v) is 5.54. The van der Waals surface area contributed by atoms with Crippen LogP contribution in [0.4, 0.5) is 4.79 Å². The van der Waals surface area contributed by atoms with Crippen molar-refractivity contribution in [1.82, 2.24) is 15.3 Å². The fourth-order valence-corrected chi connectivity index (χ4v) is 1.73. The van der Waals surface area contributed by atoms with Crippen LogP contribution in [0.25, 0.3) is 11.0 Å². The SMILES string of the molecule is CC(C)(C)OC(=O)NC(C=O)c1cnc2ccccc2n1. The Balaban J connectivity index is 2.19. The maximum absolute atomic E-state index is 11.7. The van der Waals surface area contributed by atoms with Crippen molar-refractivity contribution >= 4 is 23.4 Å². The molecule has 0 aliphatic heterocycles. The Morgan fingerprint density at radius 2 is 1.95 bits per heavy atom. The third-order valence-corrected chi connectivity index (χ3v) is 2.59. The molecule has 0 bridgehead atoms. The normalized spacial score (nSPS) is 12.7. The summed E-state index contributed by atoms with van der Waals surface area (Å²) in [6, 6.07) is 6.41. The summed E-state index contributed by atoms with van der Waals surface area (Å²) in [6.45, 7) is 5.25. The Bertz CT molecular complexity index is 665. The van der Waals surface area contributed by atoms with Crippen molar-refractivity contribution in [3.63, 3.8) is 0 Å². The summed E-state index contributed by atoms with van der Waals surface area (Å²) >= 11 is 0. The predicted octanol–water partition coefficient (Wildman–Crippen LogP) is 2.39. The molecule has 2 rings (SSSR count). The fourth-order valence-electron chi connectivity index (χ4n) is 1.73. The Hall–Kier alpha value is -2.50. The van der Waals surface area contributed by atoms with Crippen molar-refractivity contribution < 1.29 is 14.3 Å². The largest absolute Gasteiger partial charge is 0.444 e. The molecule has 1 atom stereocenters. The average molecular weight is 287 g/mol. The molecule has 1 heterocycles. The molecule has 0 aliphatic carbocycles. The highest BCUT2D eigenvalue weighted by atomic mass is 16.6. The molecule has 0 fully saturated rings. The highest BCUT2D eigenvalue weighted by molar-refractivity contribution is 5.77. The summed E-state index contributed by atoms with van der Waals surface area (Å²) in [5, 5.41) is 2.47. The zero-order valence-electron chi connectivity index (χ0n) is 12.2. The molecule has 110 valence electrons. The van der Waals surface area contributed by atoms with Gasteiger partial charge in [0, 0.05) is 0 Å². The molecular formula is C15H17N3O3. The Labute approximate surface area is 122 Å². The Morgan fingerprint density at radius 1 is 1.29 bits per heavy atom. The number of benzene rings is 1. The van der Waals surface area contributed by atoms with Crippen molar-refractivity contribution in [2.45, 2.75) is 32.4 Å². The minimum absolute atomic E-state index is 0.370. The van der Waals surface area contributed by atoms with Crippen LogP contribution in [0.15, 0.2) is 30.5 Å². The number of carbonyl (C=O) groups excluding carboxylic acids is 2. The zero-order chi connectivity index (χ0) is 15.5. The molecule has 6 nitrogen and oxygen atoms in total. The van der Waals surface area contributed by atoms with Gasteiger partial charge in [0.15, 0.2) is 0 Å². The van der Waals surface area contributed by atoms with Crippen LogP contribution >= 0.6 is 0 Å². The minimum atomic E-state index is -0.892. The van der Waals surface area contributed by atoms with Gasteiger partial charge >= 0.3 is 6.09 Å². The number of carbonyl (C=O) groups is 2. The van der Waals surface area contributed by atoms with Crippen LogP contribution in [0, 0.1) is 0 Å². The van der Waals surface area contributed by atoms with E-state index in [0.29, 0.717) is 17.5 Å². The first-order valence-electron chi connectivity index (χ1n) is 6.55. The van der Waals surface area contributed by atoms with E-state index < -0.39 is 17.7 Å². The number of para-hydroxylation sites is 2. The first-order valence-corrected chi connectivity index (χ1v) is 6.55. The van der Waals surface area contributed by atoms with Crippen LogP contribution in [0.3, 0.4) is 0 Å². The van der Waals surface area contributed by atoms with Crippen molar-refractivity contribution in [1.29, 1.82) is 0 Å². The van der Waals surface area contributed by atoms with Crippen LogP contribution < -0.4 is 5.32 Å². The number of ether oxygens (including phenoxy) is 1. The van der Waals surface area contributed by atoms with Crippen LogP contribution in [-0.2, 0) is 9.53 Å². The zero-order valence-corrected chi connectivity index (χ0v) is 12.2. The van der Waals surface area contributed by atoms with Gasteiger partial charge in [-0.1, -0.05) is 12.1 Å². The van der Waals surface area contributed by atoms with Gasteiger partial charge in [-0.25, -0.2) is 9.78 Å². The second kappa shape index (κ2) is 5.87. The third-order valence-electron chi connectivity index (χ3n) is 2.59. The van der Waals surface area contributed by atoms with Crippen LogP contribution in [0.1, 0.15) is 32.5 Å². The molecule has 0 saturated heterocycles. The molecule has 1 unspecified atom stereocenters. The molecule has 2 aromatic rings. The van der Waals surface area contributed by atoms with Crippen LogP contribution in [-0.4, -0.2) is 27.9 Å². The molecule has 1 aromatic heterocycles. The summed E-state index contributed by atoms with van der Waals surface area (Å²) in [7, 11) is 0. The summed E-state index contributed by atoms with van der Waals surface area (Å²) in [5.74, 6) is 0. The number of aromatic nitrogens is 2. The molecule has 0 radical (unpaired) electrons. The number of rotatable bonds is 3. The number of nitrogens with zero attached hydrogens (tertiary/aromatic N) is 2. The fraction of sp³-hybridized carbons (Fsp3) is 0.333. The standard InChI is InChI=1S/C15H17N3O3/c1-15(2,3)21-14(20)18-13(9-19)12-8-16-10-6-4-5-7-11(10)17-12/h4-9,13H,1-3H3,(H,18,20). The number of hydrogen-bond donors (Lipinski definition) is 1. The predicted molar refractivity (Wildman–Crippen MR) is 77.7 cm³/mol. The molecule has 0 saturated carbocycles. The molecular weight excluding hydrogens is 270 g/mol. The number of nitrogens with one attached hydrogen (secondary N) is 1. The Kier molecular flexibility index (Phi) is 4.16. The van der Waals surface area contributed by atoms with E-state index in [0.717, 1.165) is 5.52 Å². The van der Waals surface area contributed by atoms with Gasteiger partial charge < -0.3 is 14.8 Å². The van der Waals surface area contributed by atoms with Crippen molar-refractivity contribution in [2.75, 3.05) is 0 Å². The van der Waals surface area contributed by atoms with E-state index in [9.17, 15) is 9.59 Å². The summed E-state index contributed by atoms with van der Waals surface area (Å²) in [4.78, 5) is 31.5. The first kappa shape index (κ1) is 14.9. The lowest BCUT2D eigenvalue weighted by Crippen LogP contribution is -2.35. The number of fused-ring (bicyclic) bond motifs is 1. The maximum atomic E-state index is 11.7. The van der Waals surface area contributed by atoms with Crippen LogP contribution in [0.5, 0.6) is 0 Å². The van der Waals surface area contributed by atoms with Gasteiger partial charge in [-0.2, -0.15) is 0 Å². The average Bonchev–Trinajstić information content (AvgIpc) is 2.42. The van der Waals surface area contributed by atoms with Crippen molar-refractivity contribution in [2.24, 2.45) is 0 Å².